The molecule has 2 heteroatoms. The zero-order valence-electron chi connectivity index (χ0n) is 9.16. The molecule has 0 fully saturated rings. The molecule has 0 amide bonds. The molecule has 0 saturated heterocycles. The predicted molar refractivity (Wildman–Crippen MR) is 65.9 cm³/mol. The van der Waals surface area contributed by atoms with Crippen molar-refractivity contribution >= 4 is 0 Å². The monoisotopic (exact) mass is 215 g/mol. The fourth-order valence-electron chi connectivity index (χ4n) is 1.97. The molecule has 0 aliphatic heterocycles. The Bertz CT molecular complexity index is 371. The van der Waals surface area contributed by atoms with Crippen LogP contribution in [0.25, 0.3) is 0 Å². The maximum atomic E-state index is 10.1. The van der Waals surface area contributed by atoms with Crippen molar-refractivity contribution in [2.75, 3.05) is 0 Å². The highest BCUT2D eigenvalue weighted by atomic mass is 16.3. The maximum absolute atomic E-state index is 10.1. The zero-order chi connectivity index (χ0) is 11.4. The first kappa shape index (κ1) is 11.1. The number of rotatable bonds is 4. The van der Waals surface area contributed by atoms with Gasteiger partial charge in [-0.25, -0.2) is 0 Å². The van der Waals surface area contributed by atoms with Crippen molar-refractivity contribution in [3.8, 4) is 0 Å². The summed E-state index contributed by atoms with van der Waals surface area (Å²) in [5, 5.41) is 10.1. The largest absolute Gasteiger partial charge is 0.391 e. The third-order valence-corrected chi connectivity index (χ3v) is 2.93. The van der Waals surface area contributed by atoms with Gasteiger partial charge in [0.05, 0.1) is 6.10 Å². The van der Waals surface area contributed by atoms with E-state index in [0.717, 1.165) is 0 Å². The van der Waals surface area contributed by atoms with Crippen molar-refractivity contribution in [3.05, 3.63) is 60.2 Å². The van der Waals surface area contributed by atoms with Gasteiger partial charge in [0, 0.05) is 12.0 Å². The molecule has 0 spiro atoms. The molecule has 1 aromatic carbocycles. The summed E-state index contributed by atoms with van der Waals surface area (Å²) in [5.74, 6) is 0.0683. The molecular weight excluding hydrogens is 198 g/mol. The molecule has 1 aliphatic rings. The molecule has 0 radical (unpaired) electrons. The molecule has 3 N–H and O–H groups in total. The lowest BCUT2D eigenvalue weighted by atomic mass is 9.93. The van der Waals surface area contributed by atoms with Gasteiger partial charge >= 0.3 is 0 Å². The summed E-state index contributed by atoms with van der Waals surface area (Å²) in [7, 11) is 0. The maximum Gasteiger partial charge on any atom is 0.0791 e. The van der Waals surface area contributed by atoms with Crippen LogP contribution in [-0.4, -0.2) is 17.3 Å². The van der Waals surface area contributed by atoms with Gasteiger partial charge in [0.2, 0.25) is 0 Å². The fourth-order valence-corrected chi connectivity index (χ4v) is 1.97. The lowest BCUT2D eigenvalue weighted by Crippen LogP contribution is -2.40. The van der Waals surface area contributed by atoms with Crippen LogP contribution in [0.4, 0.5) is 0 Å². The molecule has 2 rings (SSSR count). The zero-order valence-corrected chi connectivity index (χ0v) is 9.16. The molecule has 0 bridgehead atoms. The lowest BCUT2D eigenvalue weighted by Gasteiger charge is -2.22. The molecule has 0 unspecified atom stereocenters. The average Bonchev–Trinajstić information content (AvgIpc) is 2.83. The van der Waals surface area contributed by atoms with Crippen molar-refractivity contribution in [1.29, 1.82) is 0 Å². The van der Waals surface area contributed by atoms with E-state index in [1.807, 2.05) is 54.6 Å². The van der Waals surface area contributed by atoms with Crippen molar-refractivity contribution < 1.29 is 5.11 Å². The number of aliphatic hydroxyl groups excluding tert-OH is 1. The molecule has 16 heavy (non-hydrogen) atoms. The second kappa shape index (κ2) is 5.10. The summed E-state index contributed by atoms with van der Waals surface area (Å²) in [6.45, 7) is 0. The number of nitrogens with two attached hydrogens (primary N) is 1. The molecule has 1 aromatic rings. The minimum atomic E-state index is -0.504. The van der Waals surface area contributed by atoms with Crippen LogP contribution in [0.2, 0.25) is 0 Å². The summed E-state index contributed by atoms with van der Waals surface area (Å²) in [6, 6.07) is 9.81. The normalized spacial score (nSPS) is 18.9. The van der Waals surface area contributed by atoms with Crippen LogP contribution in [0, 0.1) is 5.92 Å². The standard InChI is InChI=1S/C14H17NO/c15-13(10-11-6-2-1-3-7-11)14(16)12-8-4-5-9-12/h1-9,12-14,16H,10,15H2/t13-,14-/m1/s1. The van der Waals surface area contributed by atoms with Gasteiger partial charge in [-0.15, -0.1) is 0 Å². The van der Waals surface area contributed by atoms with Crippen LogP contribution in [0.3, 0.4) is 0 Å². The Morgan fingerprint density at radius 2 is 1.75 bits per heavy atom. The summed E-state index contributed by atoms with van der Waals surface area (Å²) >= 11 is 0. The van der Waals surface area contributed by atoms with E-state index in [4.69, 9.17) is 5.73 Å². The molecule has 0 aromatic heterocycles. The van der Waals surface area contributed by atoms with E-state index in [9.17, 15) is 5.11 Å². The number of allylic oxidation sites excluding steroid dienone is 2. The minimum Gasteiger partial charge on any atom is -0.391 e. The molecule has 0 saturated carbocycles. The van der Waals surface area contributed by atoms with Crippen molar-refractivity contribution in [3.63, 3.8) is 0 Å². The summed E-state index contributed by atoms with van der Waals surface area (Å²) in [5.41, 5.74) is 7.18. The van der Waals surface area contributed by atoms with Gasteiger partial charge < -0.3 is 10.8 Å². The second-order valence-corrected chi connectivity index (χ2v) is 4.19. The number of aliphatic hydroxyl groups is 1. The van der Waals surface area contributed by atoms with E-state index in [1.54, 1.807) is 0 Å². The van der Waals surface area contributed by atoms with Crippen LogP contribution in [-0.2, 0) is 6.42 Å². The fraction of sp³-hybridized carbons (Fsp3) is 0.286. The van der Waals surface area contributed by atoms with Gasteiger partial charge in [-0.05, 0) is 12.0 Å². The van der Waals surface area contributed by atoms with E-state index in [1.165, 1.54) is 5.56 Å². The predicted octanol–water partition coefficient (Wildman–Crippen LogP) is 1.66. The molecule has 0 heterocycles. The van der Waals surface area contributed by atoms with E-state index < -0.39 is 6.10 Å². The van der Waals surface area contributed by atoms with Gasteiger partial charge in [-0.3, -0.25) is 0 Å². The Hall–Kier alpha value is -1.38. The van der Waals surface area contributed by atoms with Gasteiger partial charge in [-0.2, -0.15) is 0 Å². The third kappa shape index (κ3) is 2.60. The number of hydrogen-bond acceptors (Lipinski definition) is 2. The highest BCUT2D eigenvalue weighted by Gasteiger charge is 2.22. The Morgan fingerprint density at radius 1 is 1.12 bits per heavy atom. The van der Waals surface area contributed by atoms with E-state index in [0.29, 0.717) is 6.42 Å². The number of hydrogen-bond donors (Lipinski definition) is 2. The van der Waals surface area contributed by atoms with E-state index in [-0.39, 0.29) is 12.0 Å². The second-order valence-electron chi connectivity index (χ2n) is 4.19. The molecular formula is C14H17NO. The summed E-state index contributed by atoms with van der Waals surface area (Å²) in [6.07, 6.45) is 8.06. The van der Waals surface area contributed by atoms with Gasteiger partial charge in [0.15, 0.2) is 0 Å². The van der Waals surface area contributed by atoms with Gasteiger partial charge in [0.1, 0.15) is 0 Å². The quantitative estimate of drug-likeness (QED) is 0.802. The first-order valence-corrected chi connectivity index (χ1v) is 5.60. The summed E-state index contributed by atoms with van der Waals surface area (Å²) < 4.78 is 0. The Balaban J connectivity index is 1.95. The average molecular weight is 215 g/mol. The van der Waals surface area contributed by atoms with E-state index in [2.05, 4.69) is 0 Å². The van der Waals surface area contributed by atoms with Crippen LogP contribution in [0.1, 0.15) is 5.56 Å². The molecule has 2 nitrogen and oxygen atoms in total. The summed E-state index contributed by atoms with van der Waals surface area (Å²) in [4.78, 5) is 0. The first-order chi connectivity index (χ1) is 7.77. The van der Waals surface area contributed by atoms with Crippen molar-refractivity contribution in [2.45, 2.75) is 18.6 Å². The lowest BCUT2D eigenvalue weighted by molar-refractivity contribution is 0.120. The van der Waals surface area contributed by atoms with Gasteiger partial charge in [-0.1, -0.05) is 54.6 Å². The Labute approximate surface area is 96.1 Å². The Morgan fingerprint density at radius 3 is 2.38 bits per heavy atom. The van der Waals surface area contributed by atoms with Gasteiger partial charge in [0.25, 0.3) is 0 Å². The first-order valence-electron chi connectivity index (χ1n) is 5.60. The Kier molecular flexibility index (Phi) is 3.54. The van der Waals surface area contributed by atoms with Crippen LogP contribution < -0.4 is 5.73 Å². The minimum absolute atomic E-state index is 0.0683. The topological polar surface area (TPSA) is 46.2 Å². The smallest absolute Gasteiger partial charge is 0.0791 e. The van der Waals surface area contributed by atoms with Crippen LogP contribution >= 0.6 is 0 Å². The third-order valence-electron chi connectivity index (χ3n) is 2.93. The molecule has 1 aliphatic carbocycles. The highest BCUT2D eigenvalue weighted by Crippen LogP contribution is 2.17. The van der Waals surface area contributed by atoms with Crippen molar-refractivity contribution in [2.24, 2.45) is 11.7 Å². The highest BCUT2D eigenvalue weighted by molar-refractivity contribution is 5.21. The number of benzene rings is 1. The SMILES string of the molecule is N[C@H](Cc1ccccc1)[C@H](O)C1C=CC=C1. The molecule has 84 valence electrons. The molecule has 2 atom stereocenters. The van der Waals surface area contributed by atoms with Crippen LogP contribution in [0.15, 0.2) is 54.6 Å². The van der Waals surface area contributed by atoms with Crippen molar-refractivity contribution in [1.82, 2.24) is 0 Å². The van der Waals surface area contributed by atoms with E-state index >= 15 is 0 Å². The van der Waals surface area contributed by atoms with Crippen LogP contribution in [0.5, 0.6) is 0 Å².